The lowest BCUT2D eigenvalue weighted by atomic mass is 9.73. The summed E-state index contributed by atoms with van der Waals surface area (Å²) in [5.74, 6) is 1.75. The van der Waals surface area contributed by atoms with E-state index < -0.39 is 0 Å². The van der Waals surface area contributed by atoms with E-state index in [1.807, 2.05) is 25.2 Å². The molecule has 3 rings (SSSR count). The molecule has 2 aromatic carbocycles. The molecule has 1 heterocycles. The molecule has 0 radical (unpaired) electrons. The first-order valence-electron chi connectivity index (χ1n) is 9.88. The van der Waals surface area contributed by atoms with Crippen LogP contribution in [0.3, 0.4) is 0 Å². The molecule has 1 fully saturated rings. The number of guanidine groups is 1. The van der Waals surface area contributed by atoms with Gasteiger partial charge in [0.2, 0.25) is 0 Å². The lowest BCUT2D eigenvalue weighted by Gasteiger charge is -2.39. The summed E-state index contributed by atoms with van der Waals surface area (Å²) in [5, 5.41) is 6.96. The average molecular weight is 509 g/mol. The molecule has 0 spiro atoms. The highest BCUT2D eigenvalue weighted by molar-refractivity contribution is 14.0. The SMILES string of the molecule is CN=C(NCc1ccccc1)NCC1(c2cc(C)ccc2OC)CCOCC1.I. The highest BCUT2D eigenvalue weighted by atomic mass is 127. The molecule has 6 heteroatoms. The highest BCUT2D eigenvalue weighted by Gasteiger charge is 2.37. The molecule has 2 N–H and O–H groups in total. The number of aliphatic imine (C=N–C) groups is 1. The Labute approximate surface area is 191 Å². The Kier molecular flexibility index (Phi) is 9.23. The van der Waals surface area contributed by atoms with E-state index in [4.69, 9.17) is 9.47 Å². The molecule has 1 saturated heterocycles. The van der Waals surface area contributed by atoms with Gasteiger partial charge in [-0.05, 0) is 31.4 Å². The summed E-state index contributed by atoms with van der Waals surface area (Å²) in [6, 6.07) is 16.8. The third kappa shape index (κ3) is 6.09. The summed E-state index contributed by atoms with van der Waals surface area (Å²) in [6.45, 7) is 5.17. The molecule has 2 aromatic rings. The molecule has 0 amide bonds. The van der Waals surface area contributed by atoms with Crippen LogP contribution in [-0.4, -0.2) is 39.9 Å². The first kappa shape index (κ1) is 23.5. The van der Waals surface area contributed by atoms with Crippen LogP contribution in [0.1, 0.15) is 29.5 Å². The minimum atomic E-state index is -0.0417. The van der Waals surface area contributed by atoms with Gasteiger partial charge in [0.15, 0.2) is 5.96 Å². The number of aryl methyl sites for hydroxylation is 1. The van der Waals surface area contributed by atoms with Crippen LogP contribution in [0.5, 0.6) is 5.75 Å². The van der Waals surface area contributed by atoms with E-state index in [9.17, 15) is 0 Å². The van der Waals surface area contributed by atoms with Crippen LogP contribution in [0.15, 0.2) is 53.5 Å². The Morgan fingerprint density at radius 2 is 1.83 bits per heavy atom. The Hall–Kier alpha value is -1.80. The molecule has 0 bridgehead atoms. The van der Waals surface area contributed by atoms with Gasteiger partial charge in [0, 0.05) is 44.3 Å². The molecule has 1 aliphatic rings. The molecule has 5 nitrogen and oxygen atoms in total. The van der Waals surface area contributed by atoms with Crippen LogP contribution >= 0.6 is 24.0 Å². The van der Waals surface area contributed by atoms with Gasteiger partial charge in [-0.2, -0.15) is 0 Å². The van der Waals surface area contributed by atoms with Gasteiger partial charge in [-0.15, -0.1) is 24.0 Å². The fourth-order valence-corrected chi connectivity index (χ4v) is 3.79. The van der Waals surface area contributed by atoms with Crippen LogP contribution < -0.4 is 15.4 Å². The quantitative estimate of drug-likeness (QED) is 0.351. The van der Waals surface area contributed by atoms with E-state index in [0.29, 0.717) is 0 Å². The van der Waals surface area contributed by atoms with E-state index in [1.165, 1.54) is 16.7 Å². The number of hydrogen-bond acceptors (Lipinski definition) is 3. The topological polar surface area (TPSA) is 54.9 Å². The van der Waals surface area contributed by atoms with Crippen molar-refractivity contribution in [3.05, 3.63) is 65.2 Å². The number of halogens is 1. The highest BCUT2D eigenvalue weighted by Crippen LogP contribution is 2.40. The third-order valence-corrected chi connectivity index (χ3v) is 5.50. The van der Waals surface area contributed by atoms with E-state index in [2.05, 4.69) is 52.9 Å². The Balaban J connectivity index is 0.00000300. The number of ether oxygens (including phenoxy) is 2. The van der Waals surface area contributed by atoms with Crippen molar-refractivity contribution in [3.8, 4) is 5.75 Å². The largest absolute Gasteiger partial charge is 0.496 e. The number of rotatable bonds is 6. The summed E-state index contributed by atoms with van der Waals surface area (Å²) >= 11 is 0. The average Bonchev–Trinajstić information content (AvgIpc) is 2.75. The summed E-state index contributed by atoms with van der Waals surface area (Å²) in [6.07, 6.45) is 1.91. The molecule has 158 valence electrons. The molecule has 0 saturated carbocycles. The number of benzene rings is 2. The fraction of sp³-hybridized carbons (Fsp3) is 0.435. The van der Waals surface area contributed by atoms with Crippen molar-refractivity contribution in [2.24, 2.45) is 4.99 Å². The van der Waals surface area contributed by atoms with E-state index >= 15 is 0 Å². The predicted molar refractivity (Wildman–Crippen MR) is 130 cm³/mol. The molecular formula is C23H32IN3O2. The maximum absolute atomic E-state index is 5.70. The first-order valence-corrected chi connectivity index (χ1v) is 9.88. The second kappa shape index (κ2) is 11.4. The number of nitrogens with zero attached hydrogens (tertiary/aromatic N) is 1. The lowest BCUT2D eigenvalue weighted by molar-refractivity contribution is 0.0505. The molecule has 29 heavy (non-hydrogen) atoms. The standard InChI is InChI=1S/C23H31N3O2.HI/c1-18-9-10-21(27-3)20(15-18)23(11-13-28-14-12-23)17-26-22(24-2)25-16-19-7-5-4-6-8-19;/h4-10,15H,11-14,16-17H2,1-3H3,(H2,24,25,26);1H. The van der Waals surface area contributed by atoms with Crippen LogP contribution in [0.25, 0.3) is 0 Å². The van der Waals surface area contributed by atoms with Crippen molar-refractivity contribution in [1.82, 2.24) is 10.6 Å². The van der Waals surface area contributed by atoms with Crippen LogP contribution in [0.4, 0.5) is 0 Å². The minimum absolute atomic E-state index is 0. The Morgan fingerprint density at radius 3 is 2.48 bits per heavy atom. The van der Waals surface area contributed by atoms with Crippen molar-refractivity contribution in [2.75, 3.05) is 33.9 Å². The zero-order valence-electron chi connectivity index (χ0n) is 17.5. The Morgan fingerprint density at radius 1 is 1.10 bits per heavy atom. The van der Waals surface area contributed by atoms with Crippen LogP contribution in [0.2, 0.25) is 0 Å². The summed E-state index contributed by atoms with van der Waals surface area (Å²) in [5.41, 5.74) is 3.68. The van der Waals surface area contributed by atoms with E-state index in [1.54, 1.807) is 7.11 Å². The van der Waals surface area contributed by atoms with Crippen molar-refractivity contribution in [1.29, 1.82) is 0 Å². The van der Waals surface area contributed by atoms with Gasteiger partial charge in [-0.1, -0.05) is 48.0 Å². The molecule has 0 atom stereocenters. The molecule has 0 unspecified atom stereocenters. The maximum Gasteiger partial charge on any atom is 0.191 e. The van der Waals surface area contributed by atoms with Gasteiger partial charge in [-0.25, -0.2) is 0 Å². The molecule has 0 aliphatic carbocycles. The number of methoxy groups -OCH3 is 1. The minimum Gasteiger partial charge on any atom is -0.496 e. The molecule has 0 aromatic heterocycles. The van der Waals surface area contributed by atoms with Gasteiger partial charge in [0.1, 0.15) is 5.75 Å². The van der Waals surface area contributed by atoms with Gasteiger partial charge < -0.3 is 20.1 Å². The van der Waals surface area contributed by atoms with Crippen molar-refractivity contribution < 1.29 is 9.47 Å². The fourth-order valence-electron chi connectivity index (χ4n) is 3.79. The normalized spacial score (nSPS) is 15.9. The van der Waals surface area contributed by atoms with Gasteiger partial charge in [-0.3, -0.25) is 4.99 Å². The second-order valence-electron chi connectivity index (χ2n) is 7.36. The predicted octanol–water partition coefficient (Wildman–Crippen LogP) is 4.04. The van der Waals surface area contributed by atoms with Crippen LogP contribution in [0, 0.1) is 6.92 Å². The zero-order chi connectivity index (χ0) is 19.8. The van der Waals surface area contributed by atoms with Crippen LogP contribution in [-0.2, 0) is 16.7 Å². The summed E-state index contributed by atoms with van der Waals surface area (Å²) < 4.78 is 11.4. The van der Waals surface area contributed by atoms with Crippen molar-refractivity contribution >= 4 is 29.9 Å². The summed E-state index contributed by atoms with van der Waals surface area (Å²) in [4.78, 5) is 4.40. The monoisotopic (exact) mass is 509 g/mol. The zero-order valence-corrected chi connectivity index (χ0v) is 19.9. The van der Waals surface area contributed by atoms with Crippen molar-refractivity contribution in [2.45, 2.75) is 31.7 Å². The van der Waals surface area contributed by atoms with Crippen molar-refractivity contribution in [3.63, 3.8) is 0 Å². The van der Waals surface area contributed by atoms with Gasteiger partial charge in [0.05, 0.1) is 7.11 Å². The molecule has 1 aliphatic heterocycles. The third-order valence-electron chi connectivity index (χ3n) is 5.50. The summed E-state index contributed by atoms with van der Waals surface area (Å²) in [7, 11) is 3.55. The molecular weight excluding hydrogens is 477 g/mol. The van der Waals surface area contributed by atoms with E-state index in [0.717, 1.165) is 50.9 Å². The second-order valence-corrected chi connectivity index (χ2v) is 7.36. The van der Waals surface area contributed by atoms with Gasteiger partial charge in [0.25, 0.3) is 0 Å². The first-order chi connectivity index (χ1) is 13.7. The lowest BCUT2D eigenvalue weighted by Crippen LogP contribution is -2.48. The number of hydrogen-bond donors (Lipinski definition) is 2. The smallest absolute Gasteiger partial charge is 0.191 e. The number of nitrogens with one attached hydrogen (secondary N) is 2. The Bertz CT molecular complexity index is 790. The van der Waals surface area contributed by atoms with Gasteiger partial charge >= 0.3 is 0 Å². The van der Waals surface area contributed by atoms with E-state index in [-0.39, 0.29) is 29.4 Å². The maximum atomic E-state index is 5.70.